The Morgan fingerprint density at radius 2 is 1.68 bits per heavy atom. The Kier molecular flexibility index (Phi) is 13.8. The van der Waals surface area contributed by atoms with E-state index in [1.165, 1.54) is 12.7 Å². The third kappa shape index (κ3) is 10.6. The van der Waals surface area contributed by atoms with Crippen LogP contribution in [0.3, 0.4) is 0 Å². The average Bonchev–Trinajstić information content (AvgIpc) is 3.64. The van der Waals surface area contributed by atoms with E-state index in [1.807, 2.05) is 56.3 Å². The molecule has 0 spiro atoms. The van der Waals surface area contributed by atoms with E-state index < -0.39 is 36.1 Å². The van der Waals surface area contributed by atoms with Crippen molar-refractivity contribution in [3.05, 3.63) is 66.2 Å². The summed E-state index contributed by atoms with van der Waals surface area (Å²) in [6, 6.07) is 12.4. The SMILES string of the molecule is CC(C)[C@@H](O)C[C@H](O)[C@H](CC1CCCCC1)NC(=O)[C@H](Cc1cnc[nH]1)NC(=O)[C@@H](CC(=O)N1CCOCC1)Cc1cccc2ccccc12. The molecule has 50 heavy (non-hydrogen) atoms. The molecule has 3 aromatic rings. The number of aromatic nitrogens is 2. The van der Waals surface area contributed by atoms with E-state index in [0.29, 0.717) is 50.8 Å². The molecule has 2 aromatic carbocycles. The van der Waals surface area contributed by atoms with Crippen LogP contribution in [0.15, 0.2) is 55.0 Å². The first kappa shape index (κ1) is 37.5. The largest absolute Gasteiger partial charge is 0.393 e. The summed E-state index contributed by atoms with van der Waals surface area (Å²) in [6.45, 7) is 5.67. The van der Waals surface area contributed by atoms with Crippen molar-refractivity contribution in [3.63, 3.8) is 0 Å². The van der Waals surface area contributed by atoms with Crippen LogP contribution in [-0.4, -0.2) is 93.4 Å². The molecule has 1 aliphatic heterocycles. The number of carbonyl (C=O) groups is 3. The zero-order valence-electron chi connectivity index (χ0n) is 29.6. The van der Waals surface area contributed by atoms with Crippen LogP contribution in [0.25, 0.3) is 10.8 Å². The number of ether oxygens (including phenoxy) is 1. The number of imidazole rings is 1. The lowest BCUT2D eigenvalue weighted by Crippen LogP contribution is -2.55. The Labute approximate surface area is 295 Å². The lowest BCUT2D eigenvalue weighted by atomic mass is 9.82. The van der Waals surface area contributed by atoms with E-state index in [-0.39, 0.29) is 37.0 Å². The number of fused-ring (bicyclic) bond motifs is 1. The summed E-state index contributed by atoms with van der Waals surface area (Å²) in [5.41, 5.74) is 1.62. The number of morpholine rings is 1. The van der Waals surface area contributed by atoms with E-state index in [9.17, 15) is 24.6 Å². The second-order valence-electron chi connectivity index (χ2n) is 14.5. The Hall–Kier alpha value is -3.80. The van der Waals surface area contributed by atoms with Crippen molar-refractivity contribution < 1.29 is 29.3 Å². The maximum absolute atomic E-state index is 14.3. The molecule has 2 fully saturated rings. The van der Waals surface area contributed by atoms with E-state index >= 15 is 0 Å². The lowest BCUT2D eigenvalue weighted by Gasteiger charge is -2.33. The molecule has 1 aliphatic carbocycles. The smallest absolute Gasteiger partial charge is 0.243 e. The molecule has 2 heterocycles. The van der Waals surface area contributed by atoms with E-state index in [1.54, 1.807) is 11.1 Å². The molecule has 5 rings (SSSR count). The minimum absolute atomic E-state index is 0.0104. The Morgan fingerprint density at radius 3 is 2.40 bits per heavy atom. The summed E-state index contributed by atoms with van der Waals surface area (Å²) in [7, 11) is 0. The first-order chi connectivity index (χ1) is 24.2. The van der Waals surface area contributed by atoms with Crippen molar-refractivity contribution in [2.45, 2.75) is 102 Å². The number of hydrogen-bond acceptors (Lipinski definition) is 7. The van der Waals surface area contributed by atoms with Crippen LogP contribution in [0, 0.1) is 17.8 Å². The Morgan fingerprint density at radius 1 is 0.940 bits per heavy atom. The zero-order chi connectivity index (χ0) is 35.5. The number of aliphatic hydroxyl groups excluding tert-OH is 2. The molecule has 1 saturated heterocycles. The van der Waals surface area contributed by atoms with Crippen molar-refractivity contribution in [1.29, 1.82) is 0 Å². The van der Waals surface area contributed by atoms with Crippen LogP contribution >= 0.6 is 0 Å². The maximum atomic E-state index is 14.3. The summed E-state index contributed by atoms with van der Waals surface area (Å²) in [5.74, 6) is -1.35. The first-order valence-electron chi connectivity index (χ1n) is 18.4. The molecule has 0 radical (unpaired) electrons. The number of amides is 3. The molecule has 272 valence electrons. The van der Waals surface area contributed by atoms with Crippen LogP contribution in [0.2, 0.25) is 0 Å². The molecule has 0 bridgehead atoms. The van der Waals surface area contributed by atoms with Crippen molar-refractivity contribution in [1.82, 2.24) is 25.5 Å². The fraction of sp³-hybridized carbons (Fsp3) is 0.590. The molecule has 2 aliphatic rings. The summed E-state index contributed by atoms with van der Waals surface area (Å²) >= 11 is 0. The van der Waals surface area contributed by atoms with Gasteiger partial charge in [-0.15, -0.1) is 0 Å². The van der Waals surface area contributed by atoms with Gasteiger partial charge in [-0.05, 0) is 41.0 Å². The molecular weight excluding hydrogens is 634 g/mol. The van der Waals surface area contributed by atoms with Gasteiger partial charge in [0.2, 0.25) is 17.7 Å². The van der Waals surface area contributed by atoms with E-state index in [4.69, 9.17) is 4.74 Å². The van der Waals surface area contributed by atoms with Crippen LogP contribution in [0.1, 0.15) is 76.5 Å². The van der Waals surface area contributed by atoms with Crippen molar-refractivity contribution in [3.8, 4) is 0 Å². The number of carbonyl (C=O) groups excluding carboxylic acids is 3. The fourth-order valence-electron chi connectivity index (χ4n) is 7.32. The summed E-state index contributed by atoms with van der Waals surface area (Å²) in [5, 5.41) is 30.2. The number of benzene rings is 2. The van der Waals surface area contributed by atoms with E-state index in [0.717, 1.165) is 42.0 Å². The molecule has 5 N–H and O–H groups in total. The number of hydrogen-bond donors (Lipinski definition) is 5. The zero-order valence-corrected chi connectivity index (χ0v) is 29.6. The van der Waals surface area contributed by atoms with Crippen LogP contribution in [0.4, 0.5) is 0 Å². The Balaban J connectivity index is 1.38. The number of aliphatic hydroxyl groups is 2. The van der Waals surface area contributed by atoms with Crippen molar-refractivity contribution in [2.24, 2.45) is 17.8 Å². The standard InChI is InChI=1S/C39H55N5O6/c1-26(2)35(45)23-36(46)33(19-27-9-4-3-5-10-27)42-39(49)34(22-31-24-40-25-41-31)43-38(48)30(21-37(47)44-15-17-50-18-16-44)20-29-13-8-12-28-11-6-7-14-32(28)29/h6-8,11-14,24-27,30,33-36,45-46H,3-5,9-10,15-23H2,1-2H3,(H,40,41)(H,42,49)(H,43,48)/t30-,33+,34+,35+,36+/m1/s1. The molecular formula is C39H55N5O6. The highest BCUT2D eigenvalue weighted by Gasteiger charge is 2.34. The van der Waals surface area contributed by atoms with Gasteiger partial charge >= 0.3 is 0 Å². The third-order valence-corrected chi connectivity index (χ3v) is 10.5. The molecule has 0 unspecified atom stereocenters. The molecule has 5 atom stereocenters. The minimum atomic E-state index is -0.993. The third-order valence-electron chi connectivity index (χ3n) is 10.5. The molecule has 11 nitrogen and oxygen atoms in total. The van der Waals surface area contributed by atoms with Gasteiger partial charge in [0.15, 0.2) is 0 Å². The number of H-pyrrole nitrogens is 1. The number of nitrogens with one attached hydrogen (secondary N) is 3. The van der Waals surface area contributed by atoms with Gasteiger partial charge in [0.05, 0.1) is 43.7 Å². The minimum Gasteiger partial charge on any atom is -0.393 e. The molecule has 1 saturated carbocycles. The van der Waals surface area contributed by atoms with Gasteiger partial charge < -0.3 is 35.5 Å². The number of nitrogens with zero attached hydrogens (tertiary/aromatic N) is 2. The van der Waals surface area contributed by atoms with Crippen LogP contribution < -0.4 is 10.6 Å². The number of aromatic amines is 1. The topological polar surface area (TPSA) is 157 Å². The van der Waals surface area contributed by atoms with Gasteiger partial charge in [-0.1, -0.05) is 88.4 Å². The van der Waals surface area contributed by atoms with Gasteiger partial charge in [0, 0.05) is 44.2 Å². The quantitative estimate of drug-likeness (QED) is 0.153. The van der Waals surface area contributed by atoms with Gasteiger partial charge in [-0.2, -0.15) is 0 Å². The summed E-state index contributed by atoms with van der Waals surface area (Å²) < 4.78 is 5.45. The summed E-state index contributed by atoms with van der Waals surface area (Å²) in [4.78, 5) is 50.9. The van der Waals surface area contributed by atoms with Gasteiger partial charge in [0.1, 0.15) is 6.04 Å². The van der Waals surface area contributed by atoms with Crippen LogP contribution in [0.5, 0.6) is 0 Å². The normalized spacial score (nSPS) is 18.7. The Bertz CT molecular complexity index is 1510. The first-order valence-corrected chi connectivity index (χ1v) is 18.4. The van der Waals surface area contributed by atoms with Gasteiger partial charge in [0.25, 0.3) is 0 Å². The molecule has 11 heteroatoms. The molecule has 3 amide bonds. The highest BCUT2D eigenvalue weighted by atomic mass is 16.5. The second-order valence-corrected chi connectivity index (χ2v) is 14.5. The van der Waals surface area contributed by atoms with Gasteiger partial charge in [-0.3, -0.25) is 14.4 Å². The maximum Gasteiger partial charge on any atom is 0.243 e. The van der Waals surface area contributed by atoms with E-state index in [2.05, 4.69) is 20.6 Å². The molecule has 1 aromatic heterocycles. The highest BCUT2D eigenvalue weighted by Crippen LogP contribution is 2.29. The predicted octanol–water partition coefficient (Wildman–Crippen LogP) is 3.92. The second kappa shape index (κ2) is 18.4. The predicted molar refractivity (Wildman–Crippen MR) is 192 cm³/mol. The fourth-order valence-corrected chi connectivity index (χ4v) is 7.32. The average molecular weight is 690 g/mol. The lowest BCUT2D eigenvalue weighted by molar-refractivity contribution is -0.140. The monoisotopic (exact) mass is 689 g/mol. The van der Waals surface area contributed by atoms with Gasteiger partial charge in [-0.25, -0.2) is 4.98 Å². The van der Waals surface area contributed by atoms with Crippen molar-refractivity contribution >= 4 is 28.5 Å². The summed E-state index contributed by atoms with van der Waals surface area (Å²) in [6.07, 6.45) is 8.18. The van der Waals surface area contributed by atoms with Crippen LogP contribution in [-0.2, 0) is 32.0 Å². The highest BCUT2D eigenvalue weighted by molar-refractivity contribution is 5.92. The van der Waals surface area contributed by atoms with Crippen molar-refractivity contribution in [2.75, 3.05) is 26.3 Å². The number of rotatable bonds is 16.